The Morgan fingerprint density at radius 2 is 1.83 bits per heavy atom. The molecule has 0 unspecified atom stereocenters. The Morgan fingerprint density at radius 3 is 2.48 bits per heavy atom. The van der Waals surface area contributed by atoms with Gasteiger partial charge in [0.15, 0.2) is 11.4 Å². The molecule has 0 spiro atoms. The van der Waals surface area contributed by atoms with E-state index in [0.29, 0.717) is 15.9 Å². The van der Waals surface area contributed by atoms with Crippen LogP contribution in [0.2, 0.25) is 5.02 Å². The quantitative estimate of drug-likeness (QED) is 0.452. The summed E-state index contributed by atoms with van der Waals surface area (Å²) in [6.45, 7) is 3.83. The van der Waals surface area contributed by atoms with Gasteiger partial charge in [-0.05, 0) is 49.2 Å². The summed E-state index contributed by atoms with van der Waals surface area (Å²) in [5.74, 6) is -0.824. The molecule has 29 heavy (non-hydrogen) atoms. The monoisotopic (exact) mass is 406 g/mol. The maximum Gasteiger partial charge on any atom is 0.360 e. The van der Waals surface area contributed by atoms with Crippen LogP contribution in [-0.4, -0.2) is 27.2 Å². The minimum Gasteiger partial charge on any atom is -0.505 e. The molecule has 5 nitrogen and oxygen atoms in total. The lowest BCUT2D eigenvalue weighted by Gasteiger charge is -2.12. The van der Waals surface area contributed by atoms with Crippen molar-refractivity contribution in [1.82, 2.24) is 9.55 Å². The van der Waals surface area contributed by atoms with Gasteiger partial charge in [0.1, 0.15) is 0 Å². The molecule has 4 aromatic rings. The van der Waals surface area contributed by atoms with Crippen LogP contribution in [0.15, 0.2) is 60.8 Å². The maximum absolute atomic E-state index is 12.2. The van der Waals surface area contributed by atoms with E-state index in [-0.39, 0.29) is 18.1 Å². The number of aromatic hydroxyl groups is 1. The molecule has 0 atom stereocenters. The van der Waals surface area contributed by atoms with Crippen molar-refractivity contribution in [2.24, 2.45) is 0 Å². The highest BCUT2D eigenvalue weighted by Gasteiger charge is 2.24. The first-order chi connectivity index (χ1) is 14.0. The number of aromatic nitrogens is 2. The fourth-order valence-electron chi connectivity index (χ4n) is 3.58. The van der Waals surface area contributed by atoms with E-state index in [4.69, 9.17) is 16.3 Å². The molecule has 0 fully saturated rings. The van der Waals surface area contributed by atoms with Crippen molar-refractivity contribution < 1.29 is 14.6 Å². The van der Waals surface area contributed by atoms with E-state index < -0.39 is 5.97 Å². The molecule has 2 heterocycles. The van der Waals surface area contributed by atoms with E-state index >= 15 is 0 Å². The summed E-state index contributed by atoms with van der Waals surface area (Å²) in [7, 11) is 0. The van der Waals surface area contributed by atoms with E-state index in [1.807, 2.05) is 66.1 Å². The van der Waals surface area contributed by atoms with Crippen molar-refractivity contribution in [3.8, 4) is 22.7 Å². The lowest BCUT2D eigenvalue weighted by Crippen LogP contribution is -2.07. The Morgan fingerprint density at radius 1 is 1.14 bits per heavy atom. The Bertz CT molecular complexity index is 1200. The van der Waals surface area contributed by atoms with Gasteiger partial charge in [-0.1, -0.05) is 41.9 Å². The molecule has 0 radical (unpaired) electrons. The number of fused-ring (bicyclic) bond motifs is 1. The van der Waals surface area contributed by atoms with Gasteiger partial charge in [-0.15, -0.1) is 0 Å². The zero-order valence-corrected chi connectivity index (χ0v) is 16.8. The summed E-state index contributed by atoms with van der Waals surface area (Å²) >= 11 is 6.08. The molecular formula is C23H19ClN2O3. The second-order valence-electron chi connectivity index (χ2n) is 6.59. The number of hydrogen-bond acceptors (Lipinski definition) is 4. The standard InChI is InChI=1S/C23H19ClN2O3/c1-3-29-23(28)20-22(27)19-14(2)21(15-9-11-16(24)12-10-15)26(18(19)13-25-20)17-7-5-4-6-8-17/h4-13,27H,3H2,1-2H3. The molecule has 2 aromatic carbocycles. The molecule has 0 aliphatic heterocycles. The minimum atomic E-state index is -0.646. The number of pyridine rings is 1. The predicted molar refractivity (Wildman–Crippen MR) is 114 cm³/mol. The van der Waals surface area contributed by atoms with Crippen LogP contribution < -0.4 is 0 Å². The lowest BCUT2D eigenvalue weighted by molar-refractivity contribution is 0.0516. The summed E-state index contributed by atoms with van der Waals surface area (Å²) in [6.07, 6.45) is 1.60. The third kappa shape index (κ3) is 3.23. The number of nitrogens with zero attached hydrogens (tertiary/aromatic N) is 2. The molecule has 6 heteroatoms. The fourth-order valence-corrected chi connectivity index (χ4v) is 3.71. The summed E-state index contributed by atoms with van der Waals surface area (Å²) in [5, 5.41) is 12.1. The smallest absolute Gasteiger partial charge is 0.360 e. The maximum atomic E-state index is 12.2. The average Bonchev–Trinajstić information content (AvgIpc) is 3.03. The minimum absolute atomic E-state index is 0.0877. The van der Waals surface area contributed by atoms with Crippen LogP contribution in [-0.2, 0) is 4.74 Å². The number of hydrogen-bond donors (Lipinski definition) is 1. The van der Waals surface area contributed by atoms with Gasteiger partial charge in [-0.2, -0.15) is 0 Å². The number of benzene rings is 2. The van der Waals surface area contributed by atoms with Crippen LogP contribution in [0, 0.1) is 6.92 Å². The van der Waals surface area contributed by atoms with E-state index in [1.54, 1.807) is 13.1 Å². The molecule has 0 aliphatic carbocycles. The topological polar surface area (TPSA) is 64.3 Å². The highest BCUT2D eigenvalue weighted by Crippen LogP contribution is 2.40. The van der Waals surface area contributed by atoms with Gasteiger partial charge >= 0.3 is 5.97 Å². The van der Waals surface area contributed by atoms with Crippen molar-refractivity contribution in [3.63, 3.8) is 0 Å². The van der Waals surface area contributed by atoms with E-state index in [0.717, 1.165) is 22.5 Å². The van der Waals surface area contributed by atoms with Gasteiger partial charge in [0.25, 0.3) is 0 Å². The van der Waals surface area contributed by atoms with Crippen LogP contribution in [0.25, 0.3) is 27.8 Å². The van der Waals surface area contributed by atoms with Gasteiger partial charge in [-0.3, -0.25) is 0 Å². The Kier molecular flexibility index (Phi) is 4.99. The second kappa shape index (κ2) is 7.60. The first-order valence-electron chi connectivity index (χ1n) is 9.24. The molecule has 1 N–H and O–H groups in total. The van der Waals surface area contributed by atoms with E-state index in [2.05, 4.69) is 4.98 Å². The molecule has 0 aliphatic rings. The van der Waals surface area contributed by atoms with Crippen molar-refractivity contribution in [3.05, 3.63) is 77.1 Å². The van der Waals surface area contributed by atoms with Gasteiger partial charge in [0.2, 0.25) is 0 Å². The molecule has 0 saturated carbocycles. The lowest BCUT2D eigenvalue weighted by atomic mass is 10.1. The molecule has 0 saturated heterocycles. The van der Waals surface area contributed by atoms with Gasteiger partial charge in [-0.25, -0.2) is 9.78 Å². The van der Waals surface area contributed by atoms with E-state index in [9.17, 15) is 9.90 Å². The summed E-state index contributed by atoms with van der Waals surface area (Å²) in [6, 6.07) is 17.3. The van der Waals surface area contributed by atoms with Crippen molar-refractivity contribution >= 4 is 28.5 Å². The van der Waals surface area contributed by atoms with Crippen LogP contribution in [0.5, 0.6) is 5.75 Å². The highest BCUT2D eigenvalue weighted by molar-refractivity contribution is 6.30. The molecule has 146 valence electrons. The SMILES string of the molecule is CCOC(=O)c1ncc2c(c(C)c(-c3ccc(Cl)cc3)n2-c2ccccc2)c1O. The highest BCUT2D eigenvalue weighted by atomic mass is 35.5. The number of rotatable bonds is 4. The third-order valence-electron chi connectivity index (χ3n) is 4.83. The Labute approximate surface area is 173 Å². The van der Waals surface area contributed by atoms with E-state index in [1.165, 1.54) is 0 Å². The third-order valence-corrected chi connectivity index (χ3v) is 5.08. The second-order valence-corrected chi connectivity index (χ2v) is 7.02. The first-order valence-corrected chi connectivity index (χ1v) is 9.62. The van der Waals surface area contributed by atoms with Crippen LogP contribution in [0.4, 0.5) is 0 Å². The number of ether oxygens (including phenoxy) is 1. The van der Waals surface area contributed by atoms with Gasteiger partial charge < -0.3 is 14.4 Å². The summed E-state index contributed by atoms with van der Waals surface area (Å²) < 4.78 is 7.06. The number of halogens is 1. The largest absolute Gasteiger partial charge is 0.505 e. The normalized spacial score (nSPS) is 11.0. The zero-order valence-electron chi connectivity index (χ0n) is 16.0. The van der Waals surface area contributed by atoms with Crippen molar-refractivity contribution in [1.29, 1.82) is 0 Å². The van der Waals surface area contributed by atoms with Crippen molar-refractivity contribution in [2.75, 3.05) is 6.61 Å². The van der Waals surface area contributed by atoms with Gasteiger partial charge in [0.05, 0.1) is 24.0 Å². The Balaban J connectivity index is 2.07. The number of aryl methyl sites for hydroxylation is 1. The number of carbonyl (C=O) groups is 1. The average molecular weight is 407 g/mol. The van der Waals surface area contributed by atoms with Crippen molar-refractivity contribution in [2.45, 2.75) is 13.8 Å². The molecule has 0 amide bonds. The zero-order chi connectivity index (χ0) is 20.5. The van der Waals surface area contributed by atoms with Crippen LogP contribution >= 0.6 is 11.6 Å². The number of esters is 1. The predicted octanol–water partition coefficient (Wildman–Crippen LogP) is 5.54. The number of carbonyl (C=O) groups excluding carboxylic acids is 1. The fraction of sp³-hybridized carbons (Fsp3) is 0.130. The molecule has 2 aromatic heterocycles. The van der Waals surface area contributed by atoms with Gasteiger partial charge in [0, 0.05) is 16.1 Å². The first kappa shape index (κ1) is 19.0. The number of para-hydroxylation sites is 1. The molecular weight excluding hydrogens is 388 g/mol. The van der Waals surface area contributed by atoms with Crippen LogP contribution in [0.3, 0.4) is 0 Å². The summed E-state index contributed by atoms with van der Waals surface area (Å²) in [5.41, 5.74) is 4.18. The van der Waals surface area contributed by atoms with Crippen LogP contribution in [0.1, 0.15) is 23.0 Å². The molecule has 0 bridgehead atoms. The molecule has 4 rings (SSSR count). The summed E-state index contributed by atoms with van der Waals surface area (Å²) in [4.78, 5) is 16.4. The Hall–Kier alpha value is -3.31.